The maximum Gasteiger partial charge on any atom is 0.216 e. The molecule has 0 aliphatic heterocycles. The summed E-state index contributed by atoms with van der Waals surface area (Å²) in [5.74, 6) is 2.64. The molecule has 0 aliphatic rings. The number of benzene rings is 1. The van der Waals surface area contributed by atoms with Gasteiger partial charge in [-0.2, -0.15) is 0 Å². The predicted octanol–water partition coefficient (Wildman–Crippen LogP) is 3.25. The van der Waals surface area contributed by atoms with E-state index in [1.165, 1.54) is 11.1 Å². The zero-order valence-electron chi connectivity index (χ0n) is 14.8. The number of aryl methyl sites for hydroxylation is 1. The van der Waals surface area contributed by atoms with Gasteiger partial charge in [-0.25, -0.2) is 9.98 Å². The Balaban J connectivity index is 0.00000243. The van der Waals surface area contributed by atoms with Crippen LogP contribution in [-0.2, 0) is 13.1 Å². The van der Waals surface area contributed by atoms with E-state index >= 15 is 0 Å². The quantitative estimate of drug-likeness (QED) is 0.295. The number of H-pyrrole nitrogens is 1. The molecule has 2 heterocycles. The number of aromatic nitrogens is 3. The van der Waals surface area contributed by atoms with Crippen LogP contribution in [0.1, 0.15) is 23.9 Å². The summed E-state index contributed by atoms with van der Waals surface area (Å²) >= 11 is 0. The Morgan fingerprint density at radius 2 is 2.00 bits per heavy atom. The molecule has 3 N–H and O–H groups in total. The van der Waals surface area contributed by atoms with Crippen molar-refractivity contribution in [3.05, 3.63) is 59.6 Å². The van der Waals surface area contributed by atoms with Crippen LogP contribution in [0.4, 0.5) is 0 Å². The van der Waals surface area contributed by atoms with Crippen LogP contribution >= 0.6 is 24.0 Å². The first-order chi connectivity index (χ1) is 12.2. The van der Waals surface area contributed by atoms with Crippen molar-refractivity contribution in [1.29, 1.82) is 0 Å². The van der Waals surface area contributed by atoms with Gasteiger partial charge < -0.3 is 15.1 Å². The maximum absolute atomic E-state index is 5.29. The Bertz CT molecular complexity index is 811. The summed E-state index contributed by atoms with van der Waals surface area (Å²) in [6, 6.07) is 12.0. The first-order valence-corrected chi connectivity index (χ1v) is 8.27. The lowest BCUT2D eigenvalue weighted by Gasteiger charge is -2.10. The fourth-order valence-corrected chi connectivity index (χ4v) is 2.26. The summed E-state index contributed by atoms with van der Waals surface area (Å²) in [4.78, 5) is 9.01. The summed E-state index contributed by atoms with van der Waals surface area (Å²) in [5, 5.41) is 13.5. The van der Waals surface area contributed by atoms with E-state index in [2.05, 4.69) is 62.0 Å². The predicted molar refractivity (Wildman–Crippen MR) is 112 cm³/mol. The number of hydrogen-bond donors (Lipinski definition) is 3. The minimum Gasteiger partial charge on any atom is -0.461 e. The Labute approximate surface area is 169 Å². The minimum absolute atomic E-state index is 0. The van der Waals surface area contributed by atoms with Gasteiger partial charge in [-0.05, 0) is 31.5 Å². The topological polar surface area (TPSA) is 91.1 Å². The highest BCUT2D eigenvalue weighted by atomic mass is 127. The molecule has 0 radical (unpaired) electrons. The van der Waals surface area contributed by atoms with Gasteiger partial charge in [0.05, 0.1) is 19.4 Å². The second-order valence-electron chi connectivity index (χ2n) is 5.62. The molecule has 0 saturated heterocycles. The third-order valence-electron chi connectivity index (χ3n) is 3.58. The molecule has 3 aromatic rings. The van der Waals surface area contributed by atoms with E-state index in [-0.39, 0.29) is 24.0 Å². The van der Waals surface area contributed by atoms with Crippen LogP contribution in [0.15, 0.2) is 52.1 Å². The molecule has 0 bridgehead atoms. The molecule has 2 aromatic heterocycles. The summed E-state index contributed by atoms with van der Waals surface area (Å²) in [6.45, 7) is 6.00. The molecule has 0 fully saturated rings. The SMILES string of the molecule is CCNC(=NCc1ccc(C)cc1)NCc1nc(-c2ccco2)n[nH]1.I. The summed E-state index contributed by atoms with van der Waals surface area (Å²) in [5.41, 5.74) is 2.41. The molecule has 1 aromatic carbocycles. The zero-order chi connectivity index (χ0) is 17.5. The molecule has 8 heteroatoms. The molecule has 3 rings (SSSR count). The van der Waals surface area contributed by atoms with Crippen molar-refractivity contribution < 1.29 is 4.42 Å². The average Bonchev–Trinajstić information content (AvgIpc) is 3.30. The molecule has 138 valence electrons. The minimum atomic E-state index is 0. The van der Waals surface area contributed by atoms with Gasteiger partial charge in [0.1, 0.15) is 5.82 Å². The average molecular weight is 466 g/mol. The fraction of sp³-hybridized carbons (Fsp3) is 0.278. The second-order valence-corrected chi connectivity index (χ2v) is 5.62. The third kappa shape index (κ3) is 5.58. The molecule has 0 spiro atoms. The van der Waals surface area contributed by atoms with Gasteiger partial charge in [0.25, 0.3) is 0 Å². The molecular weight excluding hydrogens is 443 g/mol. The second kappa shape index (κ2) is 9.95. The standard InChI is InChI=1S/C18H22N6O.HI/c1-3-19-18(20-11-14-8-6-13(2)7-9-14)21-12-16-22-17(24-23-16)15-5-4-10-25-15;/h4-10H,3,11-12H2,1-2H3,(H2,19,20,21)(H,22,23,24);1H. The van der Waals surface area contributed by atoms with Gasteiger partial charge >= 0.3 is 0 Å². The molecule has 0 amide bonds. The molecule has 0 aliphatic carbocycles. The lowest BCUT2D eigenvalue weighted by Crippen LogP contribution is -2.37. The Hall–Kier alpha value is -2.36. The van der Waals surface area contributed by atoms with Gasteiger partial charge in [0.2, 0.25) is 5.82 Å². The van der Waals surface area contributed by atoms with Gasteiger partial charge in [0.15, 0.2) is 11.7 Å². The van der Waals surface area contributed by atoms with Crippen LogP contribution in [0.2, 0.25) is 0 Å². The Morgan fingerprint density at radius 1 is 1.19 bits per heavy atom. The smallest absolute Gasteiger partial charge is 0.216 e. The van der Waals surface area contributed by atoms with Crippen molar-refractivity contribution in [1.82, 2.24) is 25.8 Å². The fourth-order valence-electron chi connectivity index (χ4n) is 2.26. The lowest BCUT2D eigenvalue weighted by molar-refractivity contribution is 0.577. The van der Waals surface area contributed by atoms with E-state index in [1.54, 1.807) is 6.26 Å². The zero-order valence-corrected chi connectivity index (χ0v) is 17.2. The number of halogens is 1. The van der Waals surface area contributed by atoms with Crippen molar-refractivity contribution in [3.63, 3.8) is 0 Å². The van der Waals surface area contributed by atoms with Crippen LogP contribution in [0.25, 0.3) is 11.6 Å². The van der Waals surface area contributed by atoms with Crippen LogP contribution in [0.3, 0.4) is 0 Å². The van der Waals surface area contributed by atoms with Crippen LogP contribution < -0.4 is 10.6 Å². The molecule has 7 nitrogen and oxygen atoms in total. The first kappa shape index (κ1) is 20.0. The van der Waals surface area contributed by atoms with E-state index in [1.807, 2.05) is 19.1 Å². The number of nitrogens with one attached hydrogen (secondary N) is 3. The van der Waals surface area contributed by atoms with Crippen LogP contribution in [0, 0.1) is 6.92 Å². The van der Waals surface area contributed by atoms with Gasteiger partial charge in [0, 0.05) is 6.54 Å². The number of aliphatic imine (C=N–C) groups is 1. The highest BCUT2D eigenvalue weighted by Crippen LogP contribution is 2.14. The van der Waals surface area contributed by atoms with Gasteiger partial charge in [-0.1, -0.05) is 29.8 Å². The van der Waals surface area contributed by atoms with Crippen LogP contribution in [-0.4, -0.2) is 27.7 Å². The van der Waals surface area contributed by atoms with Crippen molar-refractivity contribution in [2.45, 2.75) is 26.9 Å². The van der Waals surface area contributed by atoms with E-state index in [4.69, 9.17) is 4.42 Å². The summed E-state index contributed by atoms with van der Waals surface area (Å²) in [7, 11) is 0. The Kier molecular flexibility index (Phi) is 7.64. The van der Waals surface area contributed by atoms with Crippen molar-refractivity contribution in [3.8, 4) is 11.6 Å². The van der Waals surface area contributed by atoms with Gasteiger partial charge in [-0.3, -0.25) is 5.10 Å². The van der Waals surface area contributed by atoms with E-state index < -0.39 is 0 Å². The number of rotatable bonds is 6. The van der Waals surface area contributed by atoms with E-state index in [0.29, 0.717) is 30.5 Å². The number of furan rings is 1. The van der Waals surface area contributed by atoms with Crippen molar-refractivity contribution in [2.24, 2.45) is 4.99 Å². The van der Waals surface area contributed by atoms with Crippen molar-refractivity contribution in [2.75, 3.05) is 6.54 Å². The van der Waals surface area contributed by atoms with Crippen LogP contribution in [0.5, 0.6) is 0 Å². The lowest BCUT2D eigenvalue weighted by atomic mass is 10.1. The summed E-state index contributed by atoms with van der Waals surface area (Å²) in [6.07, 6.45) is 1.60. The van der Waals surface area contributed by atoms with Crippen molar-refractivity contribution >= 4 is 29.9 Å². The monoisotopic (exact) mass is 466 g/mol. The highest BCUT2D eigenvalue weighted by Gasteiger charge is 2.08. The number of nitrogens with zero attached hydrogens (tertiary/aromatic N) is 3. The summed E-state index contributed by atoms with van der Waals surface area (Å²) < 4.78 is 5.29. The first-order valence-electron chi connectivity index (χ1n) is 8.27. The third-order valence-corrected chi connectivity index (χ3v) is 3.58. The molecular formula is C18H23IN6O. The van der Waals surface area contributed by atoms with E-state index in [9.17, 15) is 0 Å². The van der Waals surface area contributed by atoms with Gasteiger partial charge in [-0.15, -0.1) is 29.1 Å². The number of aromatic amines is 1. The number of guanidine groups is 1. The molecule has 0 atom stereocenters. The number of hydrogen-bond acceptors (Lipinski definition) is 4. The highest BCUT2D eigenvalue weighted by molar-refractivity contribution is 14.0. The largest absolute Gasteiger partial charge is 0.461 e. The maximum atomic E-state index is 5.29. The molecule has 0 unspecified atom stereocenters. The molecule has 26 heavy (non-hydrogen) atoms. The Morgan fingerprint density at radius 3 is 2.69 bits per heavy atom. The normalized spacial score (nSPS) is 11.1. The van der Waals surface area contributed by atoms with E-state index in [0.717, 1.165) is 12.5 Å². The molecule has 0 saturated carbocycles.